The van der Waals surface area contributed by atoms with Gasteiger partial charge in [0.1, 0.15) is 0 Å². The molecule has 0 saturated carbocycles. The maximum atomic E-state index is 11.2. The fraction of sp³-hybridized carbons (Fsp3) is 0.250. The fourth-order valence-electron chi connectivity index (χ4n) is 1.84. The lowest BCUT2D eigenvalue weighted by atomic mass is 10.0. The van der Waals surface area contributed by atoms with Crippen LogP contribution in [0.4, 0.5) is 0 Å². The van der Waals surface area contributed by atoms with Gasteiger partial charge in [-0.15, -0.1) is 11.3 Å². The summed E-state index contributed by atoms with van der Waals surface area (Å²) in [6, 6.07) is 3.88. The van der Waals surface area contributed by atoms with Gasteiger partial charge in [-0.25, -0.2) is 4.79 Å². The monoisotopic (exact) mass is 220 g/mol. The van der Waals surface area contributed by atoms with Crippen LogP contribution in [-0.4, -0.2) is 11.1 Å². The maximum Gasteiger partial charge on any atom is 0.336 e. The third-order valence-electron chi connectivity index (χ3n) is 2.76. The summed E-state index contributed by atoms with van der Waals surface area (Å²) in [7, 11) is 0. The molecule has 0 aliphatic heterocycles. The van der Waals surface area contributed by atoms with Gasteiger partial charge in [-0.2, -0.15) is 0 Å². The van der Waals surface area contributed by atoms with E-state index in [0.29, 0.717) is 5.56 Å². The lowest BCUT2D eigenvalue weighted by molar-refractivity contribution is 0.0698. The number of carbonyl (C=O) groups is 1. The Morgan fingerprint density at radius 2 is 1.93 bits per heavy atom. The Hall–Kier alpha value is -1.35. The van der Waals surface area contributed by atoms with Crippen molar-refractivity contribution in [2.45, 2.75) is 20.8 Å². The molecule has 1 aromatic heterocycles. The molecule has 0 amide bonds. The van der Waals surface area contributed by atoms with Crippen molar-refractivity contribution < 1.29 is 9.90 Å². The topological polar surface area (TPSA) is 37.3 Å². The SMILES string of the molecule is Cc1ccc2sc(C)c(C)c2c1C(=O)O. The molecular formula is C12H12O2S. The van der Waals surface area contributed by atoms with E-state index in [1.165, 1.54) is 4.88 Å². The summed E-state index contributed by atoms with van der Waals surface area (Å²) in [5.74, 6) is -0.834. The van der Waals surface area contributed by atoms with Crippen molar-refractivity contribution in [2.24, 2.45) is 0 Å². The van der Waals surface area contributed by atoms with Crippen molar-refractivity contribution in [3.63, 3.8) is 0 Å². The van der Waals surface area contributed by atoms with E-state index >= 15 is 0 Å². The number of aryl methyl sites for hydroxylation is 3. The van der Waals surface area contributed by atoms with E-state index in [2.05, 4.69) is 0 Å². The second-order valence-electron chi connectivity index (χ2n) is 3.72. The van der Waals surface area contributed by atoms with Gasteiger partial charge in [0.2, 0.25) is 0 Å². The maximum absolute atomic E-state index is 11.2. The van der Waals surface area contributed by atoms with Crippen LogP contribution in [-0.2, 0) is 0 Å². The number of benzene rings is 1. The van der Waals surface area contributed by atoms with Gasteiger partial charge >= 0.3 is 5.97 Å². The second-order valence-corrected chi connectivity index (χ2v) is 4.98. The van der Waals surface area contributed by atoms with Crippen LogP contribution in [0, 0.1) is 20.8 Å². The minimum atomic E-state index is -0.834. The first-order valence-electron chi connectivity index (χ1n) is 4.75. The molecule has 0 saturated heterocycles. The molecule has 0 aliphatic carbocycles. The average molecular weight is 220 g/mol. The Balaban J connectivity index is 2.97. The number of aromatic carboxylic acids is 1. The Morgan fingerprint density at radius 1 is 1.27 bits per heavy atom. The van der Waals surface area contributed by atoms with Crippen molar-refractivity contribution in [3.8, 4) is 0 Å². The van der Waals surface area contributed by atoms with Gasteiger partial charge in [-0.05, 0) is 38.0 Å². The van der Waals surface area contributed by atoms with E-state index in [1.54, 1.807) is 11.3 Å². The van der Waals surface area contributed by atoms with Gasteiger partial charge in [0.05, 0.1) is 5.56 Å². The first-order chi connectivity index (χ1) is 7.02. The smallest absolute Gasteiger partial charge is 0.336 e. The Bertz CT molecular complexity index is 552. The van der Waals surface area contributed by atoms with Gasteiger partial charge in [-0.1, -0.05) is 6.07 Å². The average Bonchev–Trinajstić information content (AvgIpc) is 2.44. The number of thiophene rings is 1. The number of carboxylic acid groups (broad SMARTS) is 1. The fourth-order valence-corrected chi connectivity index (χ4v) is 2.92. The Morgan fingerprint density at radius 3 is 2.53 bits per heavy atom. The molecule has 15 heavy (non-hydrogen) atoms. The van der Waals surface area contributed by atoms with Crippen molar-refractivity contribution in [1.29, 1.82) is 0 Å². The second kappa shape index (κ2) is 3.35. The van der Waals surface area contributed by atoms with Crippen LogP contribution in [0.3, 0.4) is 0 Å². The van der Waals surface area contributed by atoms with Crippen molar-refractivity contribution in [3.05, 3.63) is 33.7 Å². The van der Waals surface area contributed by atoms with E-state index in [4.69, 9.17) is 0 Å². The van der Waals surface area contributed by atoms with E-state index in [9.17, 15) is 9.90 Å². The molecule has 1 N–H and O–H groups in total. The van der Waals surface area contributed by atoms with Gasteiger partial charge in [-0.3, -0.25) is 0 Å². The number of hydrogen-bond donors (Lipinski definition) is 1. The Labute approximate surface area is 92.2 Å². The molecule has 0 atom stereocenters. The van der Waals surface area contributed by atoms with Crippen LogP contribution >= 0.6 is 11.3 Å². The molecule has 0 bridgehead atoms. The molecule has 0 radical (unpaired) electrons. The van der Waals surface area contributed by atoms with Gasteiger partial charge in [0.15, 0.2) is 0 Å². The summed E-state index contributed by atoms with van der Waals surface area (Å²) < 4.78 is 1.06. The highest BCUT2D eigenvalue weighted by Gasteiger charge is 2.16. The molecule has 2 aromatic rings. The largest absolute Gasteiger partial charge is 0.478 e. The molecule has 0 spiro atoms. The third kappa shape index (κ3) is 1.43. The third-order valence-corrected chi connectivity index (χ3v) is 3.93. The van der Waals surface area contributed by atoms with E-state index in [1.807, 2.05) is 32.9 Å². The first-order valence-corrected chi connectivity index (χ1v) is 5.56. The minimum absolute atomic E-state index is 0.453. The molecular weight excluding hydrogens is 208 g/mol. The summed E-state index contributed by atoms with van der Waals surface area (Å²) in [5, 5.41) is 10.1. The van der Waals surface area contributed by atoms with Crippen LogP contribution in [0.15, 0.2) is 12.1 Å². The predicted octanol–water partition coefficient (Wildman–Crippen LogP) is 3.52. The van der Waals surface area contributed by atoms with Crippen LogP contribution in [0.25, 0.3) is 10.1 Å². The van der Waals surface area contributed by atoms with Crippen LogP contribution in [0.5, 0.6) is 0 Å². The summed E-state index contributed by atoms with van der Waals surface area (Å²) in [6.07, 6.45) is 0. The minimum Gasteiger partial charge on any atom is -0.478 e. The molecule has 1 aromatic carbocycles. The zero-order chi connectivity index (χ0) is 11.2. The normalized spacial score (nSPS) is 10.9. The Kier molecular flexibility index (Phi) is 2.27. The standard InChI is InChI=1S/C12H12O2S/c1-6-4-5-9-11(10(6)12(13)14)7(2)8(3)15-9/h4-5H,1-3H3,(H,13,14). The van der Waals surface area contributed by atoms with Gasteiger partial charge in [0.25, 0.3) is 0 Å². The zero-order valence-electron chi connectivity index (χ0n) is 8.92. The molecule has 78 valence electrons. The van der Waals surface area contributed by atoms with Crippen LogP contribution in [0.1, 0.15) is 26.4 Å². The molecule has 0 fully saturated rings. The number of rotatable bonds is 1. The lowest BCUT2D eigenvalue weighted by Gasteiger charge is -2.03. The van der Waals surface area contributed by atoms with Gasteiger partial charge < -0.3 is 5.11 Å². The van der Waals surface area contributed by atoms with Crippen molar-refractivity contribution >= 4 is 27.4 Å². The van der Waals surface area contributed by atoms with Gasteiger partial charge in [0, 0.05) is 15.0 Å². The van der Waals surface area contributed by atoms with E-state index in [-0.39, 0.29) is 0 Å². The molecule has 1 heterocycles. The van der Waals surface area contributed by atoms with Crippen LogP contribution < -0.4 is 0 Å². The predicted molar refractivity (Wildman–Crippen MR) is 63.0 cm³/mol. The van der Waals surface area contributed by atoms with E-state index < -0.39 is 5.97 Å². The molecule has 0 unspecified atom stereocenters. The number of fused-ring (bicyclic) bond motifs is 1. The summed E-state index contributed by atoms with van der Waals surface area (Å²) in [5.41, 5.74) is 2.38. The number of hydrogen-bond acceptors (Lipinski definition) is 2. The summed E-state index contributed by atoms with van der Waals surface area (Å²) >= 11 is 1.66. The lowest BCUT2D eigenvalue weighted by Crippen LogP contribution is -2.00. The van der Waals surface area contributed by atoms with E-state index in [0.717, 1.165) is 21.2 Å². The molecule has 2 rings (SSSR count). The number of carboxylic acids is 1. The van der Waals surface area contributed by atoms with Crippen molar-refractivity contribution in [2.75, 3.05) is 0 Å². The molecule has 0 aliphatic rings. The molecule has 2 nitrogen and oxygen atoms in total. The quantitative estimate of drug-likeness (QED) is 0.798. The van der Waals surface area contributed by atoms with Crippen molar-refractivity contribution in [1.82, 2.24) is 0 Å². The van der Waals surface area contributed by atoms with Crippen LogP contribution in [0.2, 0.25) is 0 Å². The zero-order valence-corrected chi connectivity index (χ0v) is 9.73. The summed E-state index contributed by atoms with van der Waals surface area (Å²) in [6.45, 7) is 5.86. The summed E-state index contributed by atoms with van der Waals surface area (Å²) in [4.78, 5) is 12.4. The molecule has 3 heteroatoms. The highest BCUT2D eigenvalue weighted by molar-refractivity contribution is 7.19. The first kappa shape index (κ1) is 10.2. The highest BCUT2D eigenvalue weighted by Crippen LogP contribution is 2.34. The highest BCUT2D eigenvalue weighted by atomic mass is 32.1.